The summed E-state index contributed by atoms with van der Waals surface area (Å²) in [5.74, 6) is 0.538. The third-order valence-electron chi connectivity index (χ3n) is 2.87. The number of morpholine rings is 1. The molecule has 0 amide bonds. The lowest BCUT2D eigenvalue weighted by molar-refractivity contribution is -0.150. The molecule has 1 aliphatic heterocycles. The van der Waals surface area contributed by atoms with E-state index in [-0.39, 0.29) is 0 Å². The van der Waals surface area contributed by atoms with E-state index >= 15 is 0 Å². The van der Waals surface area contributed by atoms with Crippen LogP contribution in [0, 0.1) is 0 Å². The molecule has 1 aromatic rings. The summed E-state index contributed by atoms with van der Waals surface area (Å²) in [5, 5.41) is 12.2. The van der Waals surface area contributed by atoms with Gasteiger partial charge in [0.15, 0.2) is 6.10 Å². The Labute approximate surface area is 111 Å². The van der Waals surface area contributed by atoms with Crippen LogP contribution in [-0.2, 0) is 9.53 Å². The first kappa shape index (κ1) is 13.5. The zero-order chi connectivity index (χ0) is 13.7. The Morgan fingerprint density at radius 1 is 1.63 bits per heavy atom. The number of nitrogens with zero attached hydrogens (tertiary/aromatic N) is 3. The molecule has 1 aromatic heterocycles. The summed E-state index contributed by atoms with van der Waals surface area (Å²) in [7, 11) is 0. The van der Waals surface area contributed by atoms with Crippen LogP contribution in [0.3, 0.4) is 0 Å². The molecule has 19 heavy (non-hydrogen) atoms. The molecule has 1 saturated heterocycles. The van der Waals surface area contributed by atoms with Gasteiger partial charge in [-0.2, -0.15) is 0 Å². The van der Waals surface area contributed by atoms with E-state index in [0.717, 1.165) is 24.6 Å². The summed E-state index contributed by atoms with van der Waals surface area (Å²) >= 11 is 0. The van der Waals surface area contributed by atoms with Crippen molar-refractivity contribution in [3.63, 3.8) is 0 Å². The number of aromatic nitrogens is 2. The van der Waals surface area contributed by atoms with Crippen LogP contribution in [0.5, 0.6) is 0 Å². The molecule has 2 rings (SSSR count). The first-order valence-electron chi connectivity index (χ1n) is 6.36. The van der Waals surface area contributed by atoms with Gasteiger partial charge in [-0.15, -0.1) is 0 Å². The molecule has 1 aliphatic rings. The van der Waals surface area contributed by atoms with Crippen molar-refractivity contribution in [2.24, 2.45) is 0 Å². The zero-order valence-corrected chi connectivity index (χ0v) is 10.9. The van der Waals surface area contributed by atoms with E-state index in [9.17, 15) is 4.79 Å². The second kappa shape index (κ2) is 6.33. The van der Waals surface area contributed by atoms with E-state index in [4.69, 9.17) is 9.84 Å². The number of rotatable bonds is 5. The van der Waals surface area contributed by atoms with Crippen LogP contribution in [-0.4, -0.2) is 53.4 Å². The Hall–Kier alpha value is -1.89. The van der Waals surface area contributed by atoms with Gasteiger partial charge in [-0.3, -0.25) is 0 Å². The molecule has 104 valence electrons. The molecule has 1 unspecified atom stereocenters. The number of carbonyl (C=O) groups is 1. The lowest BCUT2D eigenvalue weighted by Gasteiger charge is -2.31. The smallest absolute Gasteiger partial charge is 0.334 e. The van der Waals surface area contributed by atoms with Crippen molar-refractivity contribution in [2.45, 2.75) is 19.4 Å². The highest BCUT2D eigenvalue weighted by atomic mass is 16.5. The third kappa shape index (κ3) is 3.54. The molecule has 7 heteroatoms. The van der Waals surface area contributed by atoms with Crippen LogP contribution in [0.2, 0.25) is 0 Å². The van der Waals surface area contributed by atoms with Crippen molar-refractivity contribution in [1.29, 1.82) is 0 Å². The highest BCUT2D eigenvalue weighted by Gasteiger charge is 2.27. The molecule has 0 radical (unpaired) electrons. The second-order valence-electron chi connectivity index (χ2n) is 4.33. The fourth-order valence-corrected chi connectivity index (χ4v) is 1.88. The van der Waals surface area contributed by atoms with Crippen molar-refractivity contribution in [3.8, 4) is 0 Å². The Kier molecular flexibility index (Phi) is 4.51. The molecular formula is C12H18N4O3. The first-order valence-corrected chi connectivity index (χ1v) is 6.36. The van der Waals surface area contributed by atoms with Crippen LogP contribution in [0.15, 0.2) is 12.4 Å². The van der Waals surface area contributed by atoms with E-state index < -0.39 is 12.1 Å². The molecule has 2 N–H and O–H groups in total. The van der Waals surface area contributed by atoms with Crippen LogP contribution in [0.25, 0.3) is 0 Å². The molecule has 0 bridgehead atoms. The largest absolute Gasteiger partial charge is 0.479 e. The number of hydrogen-bond acceptors (Lipinski definition) is 6. The minimum atomic E-state index is -0.942. The van der Waals surface area contributed by atoms with Crippen LogP contribution in [0.1, 0.15) is 13.3 Å². The first-order chi connectivity index (χ1) is 9.20. The van der Waals surface area contributed by atoms with Crippen molar-refractivity contribution in [3.05, 3.63) is 12.4 Å². The van der Waals surface area contributed by atoms with Gasteiger partial charge in [0.05, 0.1) is 13.2 Å². The average molecular weight is 266 g/mol. The van der Waals surface area contributed by atoms with Crippen LogP contribution >= 0.6 is 0 Å². The van der Waals surface area contributed by atoms with E-state index in [0.29, 0.717) is 19.7 Å². The maximum Gasteiger partial charge on any atom is 0.334 e. The van der Waals surface area contributed by atoms with Gasteiger partial charge in [0.25, 0.3) is 0 Å². The molecule has 0 spiro atoms. The third-order valence-corrected chi connectivity index (χ3v) is 2.87. The number of carboxylic acid groups (broad SMARTS) is 1. The van der Waals surface area contributed by atoms with Gasteiger partial charge >= 0.3 is 5.97 Å². The minimum absolute atomic E-state index is 0.305. The molecular weight excluding hydrogens is 248 g/mol. The van der Waals surface area contributed by atoms with E-state index in [1.807, 2.05) is 11.0 Å². The predicted molar refractivity (Wildman–Crippen MR) is 70.4 cm³/mol. The molecule has 2 heterocycles. The maximum absolute atomic E-state index is 10.9. The Bertz CT molecular complexity index is 441. The monoisotopic (exact) mass is 266 g/mol. The summed E-state index contributed by atoms with van der Waals surface area (Å²) in [5.41, 5.74) is 0. The van der Waals surface area contributed by atoms with Gasteiger partial charge in [-0.1, -0.05) is 6.92 Å². The predicted octanol–water partition coefficient (Wildman–Crippen LogP) is 0.588. The molecule has 0 aromatic carbocycles. The van der Waals surface area contributed by atoms with Crippen LogP contribution < -0.4 is 10.2 Å². The number of aliphatic carboxylic acids is 1. The standard InChI is InChI=1S/C12H18N4O3/c1-2-3-13-10-6-11(15-8-14-10)16-4-5-19-9(7-16)12(17)18/h6,8-9H,2-5,7H2,1H3,(H,17,18)(H,13,14,15). The molecule has 0 aliphatic carbocycles. The van der Waals surface area contributed by atoms with Crippen molar-refractivity contribution in [2.75, 3.05) is 36.5 Å². The lowest BCUT2D eigenvalue weighted by atomic mass is 10.2. The summed E-state index contributed by atoms with van der Waals surface area (Å²) < 4.78 is 5.19. The second-order valence-corrected chi connectivity index (χ2v) is 4.33. The van der Waals surface area contributed by atoms with E-state index in [2.05, 4.69) is 22.2 Å². The van der Waals surface area contributed by atoms with Gasteiger partial charge < -0.3 is 20.1 Å². The van der Waals surface area contributed by atoms with Crippen LogP contribution in [0.4, 0.5) is 11.6 Å². The number of ether oxygens (including phenoxy) is 1. The quantitative estimate of drug-likeness (QED) is 0.806. The number of carboxylic acids is 1. The fraction of sp³-hybridized carbons (Fsp3) is 0.583. The van der Waals surface area contributed by atoms with Crippen molar-refractivity contribution < 1.29 is 14.6 Å². The minimum Gasteiger partial charge on any atom is -0.479 e. The molecule has 1 atom stereocenters. The highest BCUT2D eigenvalue weighted by Crippen LogP contribution is 2.17. The molecule has 7 nitrogen and oxygen atoms in total. The Morgan fingerprint density at radius 2 is 2.47 bits per heavy atom. The fourth-order valence-electron chi connectivity index (χ4n) is 1.88. The average Bonchev–Trinajstić information content (AvgIpc) is 2.45. The number of hydrogen-bond donors (Lipinski definition) is 2. The Morgan fingerprint density at radius 3 is 3.21 bits per heavy atom. The SMILES string of the molecule is CCCNc1cc(N2CCOC(C(=O)O)C2)ncn1. The molecule has 1 fully saturated rings. The topological polar surface area (TPSA) is 87.6 Å². The van der Waals surface area contributed by atoms with Gasteiger partial charge in [-0.05, 0) is 6.42 Å². The van der Waals surface area contributed by atoms with Crippen molar-refractivity contribution in [1.82, 2.24) is 9.97 Å². The number of anilines is 2. The summed E-state index contributed by atoms with van der Waals surface area (Å²) in [4.78, 5) is 21.2. The summed E-state index contributed by atoms with van der Waals surface area (Å²) in [6.45, 7) is 4.25. The number of nitrogens with one attached hydrogen (secondary N) is 1. The highest BCUT2D eigenvalue weighted by molar-refractivity contribution is 5.73. The van der Waals surface area contributed by atoms with Gasteiger partial charge in [0, 0.05) is 19.2 Å². The summed E-state index contributed by atoms with van der Waals surface area (Å²) in [6.07, 6.45) is 1.70. The van der Waals surface area contributed by atoms with Gasteiger partial charge in [0.2, 0.25) is 0 Å². The normalized spacial score (nSPS) is 19.2. The molecule has 0 saturated carbocycles. The van der Waals surface area contributed by atoms with Crippen molar-refractivity contribution >= 4 is 17.6 Å². The summed E-state index contributed by atoms with van der Waals surface area (Å²) in [6, 6.07) is 1.83. The van der Waals surface area contributed by atoms with E-state index in [1.54, 1.807) is 0 Å². The van der Waals surface area contributed by atoms with Gasteiger partial charge in [-0.25, -0.2) is 14.8 Å². The Balaban J connectivity index is 2.06. The maximum atomic E-state index is 10.9. The van der Waals surface area contributed by atoms with E-state index in [1.165, 1.54) is 6.33 Å². The lowest BCUT2D eigenvalue weighted by Crippen LogP contribution is -2.46. The van der Waals surface area contributed by atoms with Gasteiger partial charge in [0.1, 0.15) is 18.0 Å². The zero-order valence-electron chi connectivity index (χ0n) is 10.9.